The summed E-state index contributed by atoms with van der Waals surface area (Å²) in [5, 5.41) is 62.5. The van der Waals surface area contributed by atoms with E-state index < -0.39 is 5.97 Å². The number of aliphatic hydroxyl groups excluding tert-OH is 1. The molecular formula is C42H47Br2N15O4Zn+2. The van der Waals surface area contributed by atoms with Gasteiger partial charge in [0, 0.05) is 43.6 Å². The molecule has 1 amide bonds. The number of halogens is 2. The molecule has 0 atom stereocenters. The fourth-order valence-electron chi connectivity index (χ4n) is 4.78. The second-order valence-electron chi connectivity index (χ2n) is 12.9. The summed E-state index contributed by atoms with van der Waals surface area (Å²) in [5.74, 6) is -0.487. The molecule has 0 saturated carbocycles. The molecule has 6 rings (SSSR count). The number of nitrogens with zero attached hydrogens (tertiary/aromatic N) is 12. The number of nitrogens with one attached hydrogen (secondary N) is 2. The molecule has 2 heterocycles. The van der Waals surface area contributed by atoms with Crippen LogP contribution in [0.15, 0.2) is 93.9 Å². The number of tetrazole rings is 2. The summed E-state index contributed by atoms with van der Waals surface area (Å²) in [6.45, 7) is 7.98. The predicted octanol–water partition coefficient (Wildman–Crippen LogP) is 9.42. The van der Waals surface area contributed by atoms with E-state index in [0.717, 1.165) is 53.2 Å². The zero-order chi connectivity index (χ0) is 46.6. The molecule has 0 aliphatic heterocycles. The van der Waals surface area contributed by atoms with Crippen molar-refractivity contribution in [2.24, 2.45) is 0 Å². The number of hydrogen-bond donors (Lipinski definition) is 5. The quantitative estimate of drug-likeness (QED) is 0.0237. The van der Waals surface area contributed by atoms with E-state index in [1.54, 1.807) is 44.8 Å². The van der Waals surface area contributed by atoms with Gasteiger partial charge in [0.25, 0.3) is 5.91 Å². The van der Waals surface area contributed by atoms with Gasteiger partial charge in [-0.3, -0.25) is 4.79 Å². The number of nitrogens with two attached hydrogens (primary N) is 1. The first-order chi connectivity index (χ1) is 30.4. The Morgan fingerprint density at radius 2 is 1.25 bits per heavy atom. The maximum absolute atomic E-state index is 13.0. The molecule has 0 saturated heterocycles. The minimum Gasteiger partial charge on any atom is -0.478 e. The number of carboxylic acid groups (broad SMARTS) is 1. The number of anilines is 2. The summed E-state index contributed by atoms with van der Waals surface area (Å²) in [6.07, 6.45) is 6.01. The number of aliphatic hydroxyl groups is 1. The van der Waals surface area contributed by atoms with Crippen molar-refractivity contribution >= 4 is 55.1 Å². The van der Waals surface area contributed by atoms with E-state index in [-0.39, 0.29) is 42.1 Å². The average molecular weight is 1050 g/mol. The Balaban J connectivity index is 0.000000554. The van der Waals surface area contributed by atoms with Gasteiger partial charge in [-0.05, 0) is 125 Å². The van der Waals surface area contributed by atoms with E-state index in [0.29, 0.717) is 53.7 Å². The van der Waals surface area contributed by atoms with Gasteiger partial charge in [0.2, 0.25) is 11.6 Å². The Labute approximate surface area is 400 Å². The number of carbonyl (C=O) groups is 2. The molecule has 0 unspecified atom stereocenters. The summed E-state index contributed by atoms with van der Waals surface area (Å²) < 4.78 is 2.00. The van der Waals surface area contributed by atoms with Gasteiger partial charge >= 0.3 is 25.4 Å². The maximum Gasteiger partial charge on any atom is 2.00 e. The number of carboxylic acids is 1. The van der Waals surface area contributed by atoms with Crippen LogP contribution in [-0.2, 0) is 32.6 Å². The molecule has 0 radical (unpaired) electrons. The maximum atomic E-state index is 13.0. The second kappa shape index (κ2) is 31.4. The first-order valence-corrected chi connectivity index (χ1v) is 21.0. The third kappa shape index (κ3) is 19.8. The fourth-order valence-corrected chi connectivity index (χ4v) is 5.31. The van der Waals surface area contributed by atoms with Crippen LogP contribution in [0.2, 0.25) is 0 Å². The first kappa shape index (κ1) is 55.6. The number of nitrogen functional groups attached to an aromatic ring is 1. The van der Waals surface area contributed by atoms with Crippen molar-refractivity contribution in [3.05, 3.63) is 127 Å². The van der Waals surface area contributed by atoms with Crippen LogP contribution in [0.3, 0.4) is 0 Å². The molecule has 6 N–H and O–H groups in total. The van der Waals surface area contributed by atoms with Crippen LogP contribution in [0.1, 0.15) is 91.1 Å². The molecule has 328 valence electrons. The molecule has 0 fully saturated rings. The third-order valence-electron chi connectivity index (χ3n) is 8.08. The number of aromatic carboxylic acids is 1. The predicted molar refractivity (Wildman–Crippen MR) is 245 cm³/mol. The van der Waals surface area contributed by atoms with E-state index >= 15 is 0 Å². The second-order valence-corrected chi connectivity index (χ2v) is 14.7. The Bertz CT molecular complexity index is 2440. The SMILES string of the molecule is CCCCO.CCCCn1nnc(-c2ccc(C(=O)Nc3ccc(Br)cc3)cc2-c2nnn(CCCC)n2)n1.N#Cc1ccc(C(=O)O)cc1C#N.Nc1ccc(Br)cc1.[N-]=[N+]=N.[Zn+2]. The van der Waals surface area contributed by atoms with Crippen LogP contribution in [-0.4, -0.2) is 69.1 Å². The largest absolute Gasteiger partial charge is 2.00 e. The molecule has 6 aromatic rings. The van der Waals surface area contributed by atoms with Gasteiger partial charge < -0.3 is 21.3 Å². The van der Waals surface area contributed by atoms with Gasteiger partial charge in [0.1, 0.15) is 12.1 Å². The number of hydrogen-bond acceptors (Lipinski definition) is 13. The molecule has 4 aromatic carbocycles. The molecule has 0 spiro atoms. The number of carbonyl (C=O) groups excluding carboxylic acids is 1. The monoisotopic (exact) mass is 1050 g/mol. The van der Waals surface area contributed by atoms with Crippen LogP contribution >= 0.6 is 31.9 Å². The van der Waals surface area contributed by atoms with Gasteiger partial charge in [0.15, 0.2) is 0 Å². The number of aryl methyl sites for hydroxylation is 2. The zero-order valence-electron chi connectivity index (χ0n) is 35.6. The number of unbranched alkanes of at least 4 members (excludes halogenated alkanes) is 3. The van der Waals surface area contributed by atoms with Crippen molar-refractivity contribution < 1.29 is 39.3 Å². The van der Waals surface area contributed by atoms with E-state index in [1.807, 2.05) is 48.5 Å². The van der Waals surface area contributed by atoms with Crippen molar-refractivity contribution in [2.75, 3.05) is 17.7 Å². The number of aromatic nitrogens is 8. The minimum absolute atomic E-state index is 0. The van der Waals surface area contributed by atoms with Crippen LogP contribution in [0.25, 0.3) is 33.2 Å². The van der Waals surface area contributed by atoms with E-state index in [4.69, 9.17) is 37.5 Å². The smallest absolute Gasteiger partial charge is 0.478 e. The van der Waals surface area contributed by atoms with Crippen molar-refractivity contribution in [3.8, 4) is 34.9 Å². The summed E-state index contributed by atoms with van der Waals surface area (Å²) in [4.78, 5) is 28.4. The summed E-state index contributed by atoms with van der Waals surface area (Å²) in [5.41, 5.74) is 21.2. The molecular weight excluding hydrogens is 1000 g/mol. The number of nitriles is 2. The standard InChI is InChI=1S/C23H26BrN9O.C9H4N2O2.C6H6BrN.C4H10O.HN3.Zn/c1-3-5-13-32-28-21(26-30-32)19-12-7-16(23(34)25-18-10-8-17(24)9-11-18)15-20(19)22-27-31-33(29-22)14-6-4-2;10-4-7-2-1-6(9(12)13)3-8(7)5-11;7-5-1-3-6(8)4-2-5;1-2-3-4-5;1-3-2;/h7-12,15H,3-6,13-14H2,1-2H3,(H,25,34);1-3H,(H,12,13);1-4H,8H2;5H,2-4H2,1H3;1H;/q;;;;;+2. The van der Waals surface area contributed by atoms with Crippen molar-refractivity contribution in [3.63, 3.8) is 0 Å². The van der Waals surface area contributed by atoms with Crippen molar-refractivity contribution in [1.29, 1.82) is 16.1 Å². The van der Waals surface area contributed by atoms with Gasteiger partial charge in [-0.15, -0.1) is 25.9 Å². The molecule has 64 heavy (non-hydrogen) atoms. The van der Waals surface area contributed by atoms with Gasteiger partial charge in [-0.25, -0.2) is 4.79 Å². The first-order valence-electron chi connectivity index (χ1n) is 19.5. The summed E-state index contributed by atoms with van der Waals surface area (Å²) in [6, 6.07) is 27.6. The molecule has 0 aliphatic rings. The fraction of sp³-hybridized carbons (Fsp3) is 0.286. The molecule has 0 aliphatic carbocycles. The molecule has 19 nitrogen and oxygen atoms in total. The third-order valence-corrected chi connectivity index (χ3v) is 9.14. The van der Waals surface area contributed by atoms with Gasteiger partial charge in [-0.1, -0.05) is 71.9 Å². The number of benzene rings is 4. The normalized spacial score (nSPS) is 9.50. The Kier molecular flexibility index (Phi) is 27.3. The minimum atomic E-state index is -1.11. The number of rotatable bonds is 13. The molecule has 22 heteroatoms. The van der Waals surface area contributed by atoms with Gasteiger partial charge in [0.05, 0.1) is 29.8 Å². The van der Waals surface area contributed by atoms with Crippen molar-refractivity contribution in [1.82, 2.24) is 40.4 Å². The van der Waals surface area contributed by atoms with Crippen molar-refractivity contribution in [2.45, 2.75) is 72.4 Å². The Morgan fingerprint density at radius 3 is 1.69 bits per heavy atom. The van der Waals surface area contributed by atoms with Crippen LogP contribution in [0, 0.1) is 28.2 Å². The summed E-state index contributed by atoms with van der Waals surface area (Å²) >= 11 is 6.69. The van der Waals surface area contributed by atoms with Gasteiger partial charge in [-0.2, -0.15) is 20.1 Å². The zero-order valence-corrected chi connectivity index (χ0v) is 41.7. The Morgan fingerprint density at radius 1 is 0.766 bits per heavy atom. The topological polar surface area (TPSA) is 308 Å². The Hall–Kier alpha value is -6.41. The average Bonchev–Trinajstić information content (AvgIpc) is 3.98. The molecule has 2 aromatic heterocycles. The van der Waals surface area contributed by atoms with E-state index in [1.165, 1.54) is 18.2 Å². The number of amides is 1. The molecule has 0 bridgehead atoms. The van der Waals surface area contributed by atoms with Crippen LogP contribution in [0.4, 0.5) is 11.4 Å². The van der Waals surface area contributed by atoms with E-state index in [2.05, 4.69) is 88.8 Å². The summed E-state index contributed by atoms with van der Waals surface area (Å²) in [7, 11) is 0. The van der Waals surface area contributed by atoms with Crippen LogP contribution < -0.4 is 11.1 Å². The van der Waals surface area contributed by atoms with E-state index in [9.17, 15) is 9.59 Å². The van der Waals surface area contributed by atoms with Crippen LogP contribution in [0.5, 0.6) is 0 Å².